The minimum atomic E-state index is -0.916. The summed E-state index contributed by atoms with van der Waals surface area (Å²) in [6.45, 7) is 0. The highest BCUT2D eigenvalue weighted by molar-refractivity contribution is 5.73. The van der Waals surface area contributed by atoms with Crippen LogP contribution in [0.2, 0.25) is 0 Å². The van der Waals surface area contributed by atoms with Crippen molar-refractivity contribution >= 4 is 5.97 Å². The molecule has 0 spiro atoms. The molecule has 0 saturated heterocycles. The van der Waals surface area contributed by atoms with E-state index in [2.05, 4.69) is 18.2 Å². The Kier molecular flexibility index (Phi) is 3.25. The monoisotopic (exact) mass is 219 g/mol. The SMILES string of the molecule is NC(CCc1ccc2c(c1)CCC2)C(=O)O. The summed E-state index contributed by atoms with van der Waals surface area (Å²) in [6.07, 6.45) is 4.85. The van der Waals surface area contributed by atoms with Gasteiger partial charge in [0.05, 0.1) is 0 Å². The Balaban J connectivity index is 1.98. The zero-order chi connectivity index (χ0) is 11.5. The Labute approximate surface area is 95.3 Å². The van der Waals surface area contributed by atoms with Gasteiger partial charge in [0.25, 0.3) is 0 Å². The van der Waals surface area contributed by atoms with Gasteiger partial charge in [-0.25, -0.2) is 0 Å². The van der Waals surface area contributed by atoms with Crippen molar-refractivity contribution in [2.45, 2.75) is 38.1 Å². The molecule has 3 N–H and O–H groups in total. The second kappa shape index (κ2) is 4.66. The van der Waals surface area contributed by atoms with E-state index in [0.29, 0.717) is 6.42 Å². The van der Waals surface area contributed by atoms with Gasteiger partial charge in [-0.2, -0.15) is 0 Å². The van der Waals surface area contributed by atoms with Crippen LogP contribution in [0.4, 0.5) is 0 Å². The minimum absolute atomic E-state index is 0.508. The number of benzene rings is 1. The van der Waals surface area contributed by atoms with Gasteiger partial charge in [-0.1, -0.05) is 18.2 Å². The first-order chi connectivity index (χ1) is 7.66. The van der Waals surface area contributed by atoms with Crippen molar-refractivity contribution in [1.29, 1.82) is 0 Å². The molecular weight excluding hydrogens is 202 g/mol. The number of carboxylic acids is 1. The number of fused-ring (bicyclic) bond motifs is 1. The van der Waals surface area contributed by atoms with Crippen LogP contribution in [0.25, 0.3) is 0 Å². The third kappa shape index (κ3) is 2.42. The fraction of sp³-hybridized carbons (Fsp3) is 0.462. The molecular formula is C13H17NO2. The summed E-state index contributed by atoms with van der Waals surface area (Å²) in [5.41, 5.74) is 9.57. The van der Waals surface area contributed by atoms with E-state index in [1.807, 2.05) is 0 Å². The lowest BCUT2D eigenvalue weighted by atomic mass is 10.0. The van der Waals surface area contributed by atoms with E-state index in [1.54, 1.807) is 0 Å². The third-order valence-corrected chi connectivity index (χ3v) is 3.22. The van der Waals surface area contributed by atoms with Gasteiger partial charge in [0.1, 0.15) is 6.04 Å². The molecule has 2 rings (SSSR count). The summed E-state index contributed by atoms with van der Waals surface area (Å²) in [4.78, 5) is 10.6. The Hall–Kier alpha value is -1.35. The molecule has 0 aliphatic heterocycles. The van der Waals surface area contributed by atoms with Crippen molar-refractivity contribution < 1.29 is 9.90 Å². The Morgan fingerprint density at radius 2 is 2.12 bits per heavy atom. The number of carboxylic acid groups (broad SMARTS) is 1. The normalized spacial score (nSPS) is 15.8. The largest absolute Gasteiger partial charge is 0.480 e. The van der Waals surface area contributed by atoms with E-state index in [1.165, 1.54) is 29.5 Å². The van der Waals surface area contributed by atoms with Gasteiger partial charge in [-0.3, -0.25) is 4.79 Å². The Morgan fingerprint density at radius 1 is 1.38 bits per heavy atom. The quantitative estimate of drug-likeness (QED) is 0.807. The molecule has 0 radical (unpaired) electrons. The molecule has 16 heavy (non-hydrogen) atoms. The van der Waals surface area contributed by atoms with Crippen LogP contribution in [-0.4, -0.2) is 17.1 Å². The molecule has 0 aromatic heterocycles. The zero-order valence-electron chi connectivity index (χ0n) is 9.28. The average molecular weight is 219 g/mol. The number of carbonyl (C=O) groups is 1. The maximum atomic E-state index is 10.6. The summed E-state index contributed by atoms with van der Waals surface area (Å²) >= 11 is 0. The lowest BCUT2D eigenvalue weighted by molar-refractivity contribution is -0.138. The maximum absolute atomic E-state index is 10.6. The van der Waals surface area contributed by atoms with Crippen molar-refractivity contribution in [2.24, 2.45) is 5.73 Å². The summed E-state index contributed by atoms with van der Waals surface area (Å²) in [5, 5.41) is 8.69. The molecule has 1 aromatic carbocycles. The fourth-order valence-corrected chi connectivity index (χ4v) is 2.23. The standard InChI is InChI=1S/C13H17NO2/c14-12(13(15)16)7-5-9-4-6-10-2-1-3-11(10)8-9/h4,6,8,12H,1-3,5,7,14H2,(H,15,16). The van der Waals surface area contributed by atoms with Crippen molar-refractivity contribution in [2.75, 3.05) is 0 Å². The molecule has 1 aliphatic rings. The molecule has 86 valence electrons. The molecule has 0 fully saturated rings. The highest BCUT2D eigenvalue weighted by Crippen LogP contribution is 2.23. The number of hydrogen-bond donors (Lipinski definition) is 2. The van der Waals surface area contributed by atoms with Gasteiger partial charge in [0.2, 0.25) is 0 Å². The zero-order valence-corrected chi connectivity index (χ0v) is 9.28. The number of hydrogen-bond acceptors (Lipinski definition) is 2. The van der Waals surface area contributed by atoms with Gasteiger partial charge in [-0.15, -0.1) is 0 Å². The Bertz CT molecular complexity index is 401. The van der Waals surface area contributed by atoms with Crippen LogP contribution in [0.15, 0.2) is 18.2 Å². The average Bonchev–Trinajstić information content (AvgIpc) is 2.72. The van der Waals surface area contributed by atoms with Crippen molar-refractivity contribution in [3.05, 3.63) is 34.9 Å². The van der Waals surface area contributed by atoms with Gasteiger partial charge in [0.15, 0.2) is 0 Å². The van der Waals surface area contributed by atoms with Crippen LogP contribution in [0.1, 0.15) is 29.5 Å². The van der Waals surface area contributed by atoms with Crippen molar-refractivity contribution in [3.63, 3.8) is 0 Å². The molecule has 1 atom stereocenters. The summed E-state index contributed by atoms with van der Waals surface area (Å²) in [6, 6.07) is 5.73. The number of nitrogens with two attached hydrogens (primary N) is 1. The smallest absolute Gasteiger partial charge is 0.320 e. The van der Waals surface area contributed by atoms with Gasteiger partial charge >= 0.3 is 5.97 Å². The first-order valence-corrected chi connectivity index (χ1v) is 5.76. The fourth-order valence-electron chi connectivity index (χ4n) is 2.23. The second-order valence-electron chi connectivity index (χ2n) is 4.44. The van der Waals surface area contributed by atoms with Crippen LogP contribution in [0, 0.1) is 0 Å². The molecule has 0 saturated carbocycles. The summed E-state index contributed by atoms with van der Waals surface area (Å²) in [7, 11) is 0. The molecule has 1 aliphatic carbocycles. The summed E-state index contributed by atoms with van der Waals surface area (Å²) in [5.74, 6) is -0.916. The van der Waals surface area contributed by atoms with E-state index in [9.17, 15) is 4.79 Å². The maximum Gasteiger partial charge on any atom is 0.320 e. The predicted octanol–water partition coefficient (Wildman–Crippen LogP) is 1.52. The minimum Gasteiger partial charge on any atom is -0.480 e. The predicted molar refractivity (Wildman–Crippen MR) is 62.4 cm³/mol. The summed E-state index contributed by atoms with van der Waals surface area (Å²) < 4.78 is 0. The lowest BCUT2D eigenvalue weighted by Crippen LogP contribution is -2.30. The van der Waals surface area contributed by atoms with Gasteiger partial charge < -0.3 is 10.8 Å². The van der Waals surface area contributed by atoms with Crippen molar-refractivity contribution in [1.82, 2.24) is 0 Å². The molecule has 1 unspecified atom stereocenters. The third-order valence-electron chi connectivity index (χ3n) is 3.22. The van der Waals surface area contributed by atoms with Crippen LogP contribution in [0.3, 0.4) is 0 Å². The molecule has 3 nitrogen and oxygen atoms in total. The molecule has 0 amide bonds. The first kappa shape index (κ1) is 11.1. The Morgan fingerprint density at radius 3 is 2.88 bits per heavy atom. The number of rotatable bonds is 4. The lowest BCUT2D eigenvalue weighted by Gasteiger charge is -2.07. The van der Waals surface area contributed by atoms with Crippen LogP contribution in [-0.2, 0) is 24.1 Å². The van der Waals surface area contributed by atoms with E-state index >= 15 is 0 Å². The van der Waals surface area contributed by atoms with Crippen LogP contribution < -0.4 is 5.73 Å². The molecule has 3 heteroatoms. The number of aryl methyl sites for hydroxylation is 3. The van der Waals surface area contributed by atoms with Gasteiger partial charge in [0, 0.05) is 0 Å². The van der Waals surface area contributed by atoms with Gasteiger partial charge in [-0.05, 0) is 48.8 Å². The number of aliphatic carboxylic acids is 1. The topological polar surface area (TPSA) is 63.3 Å². The van der Waals surface area contributed by atoms with E-state index < -0.39 is 12.0 Å². The molecule has 1 aromatic rings. The second-order valence-corrected chi connectivity index (χ2v) is 4.44. The van der Waals surface area contributed by atoms with E-state index in [4.69, 9.17) is 10.8 Å². The highest BCUT2D eigenvalue weighted by Gasteiger charge is 2.13. The first-order valence-electron chi connectivity index (χ1n) is 5.76. The van der Waals surface area contributed by atoms with Crippen LogP contribution >= 0.6 is 0 Å². The van der Waals surface area contributed by atoms with E-state index in [-0.39, 0.29) is 0 Å². The van der Waals surface area contributed by atoms with Crippen LogP contribution in [0.5, 0.6) is 0 Å². The highest BCUT2D eigenvalue weighted by atomic mass is 16.4. The van der Waals surface area contributed by atoms with E-state index in [0.717, 1.165) is 12.8 Å². The molecule has 0 heterocycles. The molecule has 0 bridgehead atoms. The van der Waals surface area contributed by atoms with Crippen molar-refractivity contribution in [3.8, 4) is 0 Å².